The predicted molar refractivity (Wildman–Crippen MR) is 90.8 cm³/mol. The van der Waals surface area contributed by atoms with Crippen LogP contribution in [0.3, 0.4) is 0 Å². The third-order valence-electron chi connectivity index (χ3n) is 3.47. The van der Waals surface area contributed by atoms with Gasteiger partial charge in [0.05, 0.1) is 12.3 Å². The van der Waals surface area contributed by atoms with Gasteiger partial charge in [-0.05, 0) is 32.3 Å². The van der Waals surface area contributed by atoms with Gasteiger partial charge in [-0.2, -0.15) is 0 Å². The van der Waals surface area contributed by atoms with Gasteiger partial charge in [0.25, 0.3) is 0 Å². The van der Waals surface area contributed by atoms with Crippen LogP contribution in [0.4, 0.5) is 4.79 Å². The van der Waals surface area contributed by atoms with Gasteiger partial charge >= 0.3 is 6.09 Å². The fraction of sp³-hybridized carbons (Fsp3) is 0.444. The topological polar surface area (TPSA) is 67.4 Å². The van der Waals surface area contributed by atoms with Crippen LogP contribution in [-0.4, -0.2) is 18.0 Å². The first-order chi connectivity index (χ1) is 10.8. The first-order valence-corrected chi connectivity index (χ1v) is 7.80. The summed E-state index contributed by atoms with van der Waals surface area (Å²) in [6, 6.07) is 7.19. The van der Waals surface area contributed by atoms with Gasteiger partial charge in [-0.25, -0.2) is 4.79 Å². The van der Waals surface area contributed by atoms with Crippen molar-refractivity contribution >= 4 is 12.0 Å². The number of ether oxygens (including phenoxy) is 1. The molecule has 0 aromatic heterocycles. The van der Waals surface area contributed by atoms with Gasteiger partial charge in [0.15, 0.2) is 0 Å². The number of rotatable bonds is 6. The number of hydrogen-bond acceptors (Lipinski definition) is 3. The Morgan fingerprint density at radius 1 is 1.09 bits per heavy atom. The second-order valence-electron chi connectivity index (χ2n) is 5.88. The number of allylic oxidation sites excluding steroid dienone is 1. The molecule has 2 amide bonds. The Morgan fingerprint density at radius 2 is 1.70 bits per heavy atom. The number of carbonyl (C=O) groups excluding carboxylic acids is 2. The Hall–Kier alpha value is -2.30. The number of aryl methyl sites for hydroxylation is 1. The van der Waals surface area contributed by atoms with Crippen LogP contribution in [0.25, 0.3) is 0 Å². The number of benzene rings is 1. The maximum Gasteiger partial charge on any atom is 0.412 e. The lowest BCUT2D eigenvalue weighted by Crippen LogP contribution is -2.50. The lowest BCUT2D eigenvalue weighted by atomic mass is 10.0. The van der Waals surface area contributed by atoms with E-state index in [2.05, 4.69) is 10.6 Å². The molecule has 0 radical (unpaired) electrons. The highest BCUT2D eigenvalue weighted by molar-refractivity contribution is 5.86. The third kappa shape index (κ3) is 6.14. The van der Waals surface area contributed by atoms with Crippen LogP contribution in [0.15, 0.2) is 36.6 Å². The zero-order valence-corrected chi connectivity index (χ0v) is 14.4. The van der Waals surface area contributed by atoms with Crippen molar-refractivity contribution < 1.29 is 14.3 Å². The van der Waals surface area contributed by atoms with Crippen molar-refractivity contribution in [1.82, 2.24) is 10.6 Å². The zero-order chi connectivity index (χ0) is 17.4. The van der Waals surface area contributed by atoms with Crippen molar-refractivity contribution in [2.75, 3.05) is 0 Å². The summed E-state index contributed by atoms with van der Waals surface area (Å²) in [5.41, 5.74) is 2.18. The molecule has 0 saturated heterocycles. The second-order valence-corrected chi connectivity index (χ2v) is 5.88. The molecule has 0 saturated carbocycles. The third-order valence-corrected chi connectivity index (χ3v) is 3.47. The Kier molecular flexibility index (Phi) is 7.32. The summed E-state index contributed by atoms with van der Waals surface area (Å²) in [6.07, 6.45) is 2.24. The molecule has 23 heavy (non-hydrogen) atoms. The fourth-order valence-electron chi connectivity index (χ4n) is 2.07. The van der Waals surface area contributed by atoms with Crippen molar-refractivity contribution in [3.8, 4) is 0 Å². The molecular formula is C18H26N2O3. The van der Waals surface area contributed by atoms with Crippen LogP contribution in [0.5, 0.6) is 0 Å². The normalized spacial score (nSPS) is 13.7. The molecule has 0 aliphatic rings. The molecule has 5 nitrogen and oxygen atoms in total. The number of carbonyl (C=O) groups is 2. The molecule has 2 N–H and O–H groups in total. The van der Waals surface area contributed by atoms with Crippen LogP contribution in [0.2, 0.25) is 0 Å². The van der Waals surface area contributed by atoms with E-state index in [0.717, 1.165) is 5.56 Å². The van der Waals surface area contributed by atoms with Gasteiger partial charge in [-0.3, -0.25) is 4.79 Å². The molecule has 1 aromatic carbocycles. The van der Waals surface area contributed by atoms with Gasteiger partial charge in [0, 0.05) is 0 Å². The fourth-order valence-corrected chi connectivity index (χ4v) is 2.07. The summed E-state index contributed by atoms with van der Waals surface area (Å²) in [5.74, 6) is -0.288. The summed E-state index contributed by atoms with van der Waals surface area (Å²) in [7, 11) is 0. The molecule has 0 spiro atoms. The molecule has 0 aliphatic heterocycles. The predicted octanol–water partition coefficient (Wildman–Crippen LogP) is 3.46. The number of hydrogen-bond donors (Lipinski definition) is 2. The van der Waals surface area contributed by atoms with E-state index in [4.69, 9.17) is 4.74 Å². The molecule has 1 rings (SSSR count). The largest absolute Gasteiger partial charge is 0.419 e. The maximum absolute atomic E-state index is 12.4. The average Bonchev–Trinajstić information content (AvgIpc) is 2.50. The molecule has 2 atom stereocenters. The minimum atomic E-state index is -0.652. The highest BCUT2D eigenvalue weighted by Crippen LogP contribution is 2.14. The molecule has 0 fully saturated rings. The van der Waals surface area contributed by atoms with Crippen LogP contribution in [0.1, 0.15) is 44.9 Å². The first-order valence-electron chi connectivity index (χ1n) is 7.80. The maximum atomic E-state index is 12.4. The molecular weight excluding hydrogens is 292 g/mol. The standard InChI is InChI=1S/C18H26N2O3/c1-6-11-23-18(22)20-16(12(2)3)17(21)19-14(5)15-9-7-13(4)8-10-15/h6-12,14,16H,1-5H3,(H,19,21)(H,20,22). The summed E-state index contributed by atoms with van der Waals surface area (Å²) in [5, 5.41) is 5.52. The lowest BCUT2D eigenvalue weighted by molar-refractivity contribution is -0.124. The van der Waals surface area contributed by atoms with E-state index in [-0.39, 0.29) is 17.9 Å². The molecule has 1 aromatic rings. The lowest BCUT2D eigenvalue weighted by Gasteiger charge is -2.23. The van der Waals surface area contributed by atoms with Gasteiger partial charge in [0.2, 0.25) is 5.91 Å². The Bertz CT molecular complexity index is 550. The Labute approximate surface area is 138 Å². The van der Waals surface area contributed by atoms with Crippen molar-refractivity contribution in [3.05, 3.63) is 47.7 Å². The van der Waals surface area contributed by atoms with Gasteiger partial charge in [-0.1, -0.05) is 49.8 Å². The van der Waals surface area contributed by atoms with Crippen LogP contribution in [-0.2, 0) is 9.53 Å². The van der Waals surface area contributed by atoms with E-state index in [0.29, 0.717) is 0 Å². The summed E-state index contributed by atoms with van der Waals surface area (Å²) in [6.45, 7) is 9.41. The van der Waals surface area contributed by atoms with E-state index in [1.54, 1.807) is 13.0 Å². The molecule has 0 bridgehead atoms. The second kappa shape index (κ2) is 8.98. The van der Waals surface area contributed by atoms with Crippen molar-refractivity contribution in [2.24, 2.45) is 5.92 Å². The van der Waals surface area contributed by atoms with Crippen molar-refractivity contribution in [1.29, 1.82) is 0 Å². The molecule has 126 valence electrons. The zero-order valence-electron chi connectivity index (χ0n) is 14.4. The Balaban J connectivity index is 2.70. The Morgan fingerprint density at radius 3 is 2.22 bits per heavy atom. The van der Waals surface area contributed by atoms with E-state index in [1.807, 2.05) is 52.0 Å². The van der Waals surface area contributed by atoms with Crippen LogP contribution < -0.4 is 10.6 Å². The quantitative estimate of drug-likeness (QED) is 0.789. The molecule has 0 aliphatic carbocycles. The van der Waals surface area contributed by atoms with E-state index in [9.17, 15) is 9.59 Å². The van der Waals surface area contributed by atoms with E-state index < -0.39 is 12.1 Å². The summed E-state index contributed by atoms with van der Waals surface area (Å²) >= 11 is 0. The van der Waals surface area contributed by atoms with Gasteiger partial charge in [0.1, 0.15) is 6.04 Å². The van der Waals surface area contributed by atoms with Crippen LogP contribution in [0, 0.1) is 12.8 Å². The summed E-state index contributed by atoms with van der Waals surface area (Å²) < 4.78 is 4.81. The van der Waals surface area contributed by atoms with Gasteiger partial charge < -0.3 is 15.4 Å². The van der Waals surface area contributed by atoms with Crippen molar-refractivity contribution in [3.63, 3.8) is 0 Å². The highest BCUT2D eigenvalue weighted by atomic mass is 16.5. The molecule has 0 heterocycles. The number of amides is 2. The minimum Gasteiger partial charge on any atom is -0.419 e. The van der Waals surface area contributed by atoms with Gasteiger partial charge in [-0.15, -0.1) is 0 Å². The monoisotopic (exact) mass is 318 g/mol. The average molecular weight is 318 g/mol. The molecule has 5 heteroatoms. The minimum absolute atomic E-state index is 0.0571. The first kappa shape index (κ1) is 18.7. The highest BCUT2D eigenvalue weighted by Gasteiger charge is 2.25. The van der Waals surface area contributed by atoms with Crippen LogP contribution >= 0.6 is 0 Å². The van der Waals surface area contributed by atoms with E-state index in [1.165, 1.54) is 11.8 Å². The molecule has 2 unspecified atom stereocenters. The van der Waals surface area contributed by atoms with E-state index >= 15 is 0 Å². The smallest absolute Gasteiger partial charge is 0.412 e. The number of alkyl carbamates (subject to hydrolysis) is 1. The summed E-state index contributed by atoms with van der Waals surface area (Å²) in [4.78, 5) is 24.1. The van der Waals surface area contributed by atoms with Crippen molar-refractivity contribution in [2.45, 2.75) is 46.7 Å². The number of nitrogens with one attached hydrogen (secondary N) is 2. The SMILES string of the molecule is CC=COC(=O)NC(C(=O)NC(C)c1ccc(C)cc1)C(C)C.